The Morgan fingerprint density at radius 3 is 2.51 bits per heavy atom. The Labute approximate surface area is 216 Å². The predicted octanol–water partition coefficient (Wildman–Crippen LogP) is 3.92. The number of para-hydroxylation sites is 2. The van der Waals surface area contributed by atoms with Crippen LogP contribution in [0.5, 0.6) is 5.75 Å². The normalized spacial score (nSPS) is 13.8. The Balaban J connectivity index is 1.22. The molecule has 0 saturated carbocycles. The van der Waals surface area contributed by atoms with Crippen LogP contribution in [0.3, 0.4) is 0 Å². The maximum Gasteiger partial charge on any atom is 0.276 e. The molecule has 2 aromatic carbocycles. The number of hydrogen-bond acceptors (Lipinski definition) is 5. The van der Waals surface area contributed by atoms with Gasteiger partial charge < -0.3 is 19.1 Å². The Kier molecular flexibility index (Phi) is 6.99. The lowest BCUT2D eigenvalue weighted by molar-refractivity contribution is -0.131. The van der Waals surface area contributed by atoms with Gasteiger partial charge in [-0.1, -0.05) is 24.3 Å². The van der Waals surface area contributed by atoms with E-state index in [2.05, 4.69) is 42.0 Å². The van der Waals surface area contributed by atoms with Gasteiger partial charge in [-0.25, -0.2) is 4.52 Å². The summed E-state index contributed by atoms with van der Waals surface area (Å²) in [6.07, 6.45) is 3.77. The van der Waals surface area contributed by atoms with Gasteiger partial charge in [0.1, 0.15) is 11.3 Å². The van der Waals surface area contributed by atoms with Crippen LogP contribution in [-0.2, 0) is 11.3 Å². The molecular weight excluding hydrogens is 466 g/mol. The van der Waals surface area contributed by atoms with E-state index >= 15 is 0 Å². The van der Waals surface area contributed by atoms with E-state index in [0.29, 0.717) is 31.8 Å². The van der Waals surface area contributed by atoms with Crippen LogP contribution in [0.1, 0.15) is 24.5 Å². The smallest absolute Gasteiger partial charge is 0.276 e. The lowest BCUT2D eigenvalue weighted by Gasteiger charge is -2.36. The highest BCUT2D eigenvalue weighted by Crippen LogP contribution is 2.29. The minimum Gasteiger partial charge on any atom is -0.492 e. The first-order chi connectivity index (χ1) is 17.9. The number of anilines is 1. The highest BCUT2D eigenvalue weighted by atomic mass is 16.5. The minimum absolute atomic E-state index is 0.0637. The molecule has 5 rings (SSSR count). The molecule has 2 aromatic heterocycles. The third kappa shape index (κ3) is 5.09. The van der Waals surface area contributed by atoms with Gasteiger partial charge in [0, 0.05) is 57.1 Å². The summed E-state index contributed by atoms with van der Waals surface area (Å²) in [5.74, 6) is 0.939. The number of fused-ring (bicyclic) bond motifs is 1. The second kappa shape index (κ2) is 10.5. The fourth-order valence-electron chi connectivity index (χ4n) is 4.81. The molecule has 0 aliphatic carbocycles. The molecule has 1 saturated heterocycles. The van der Waals surface area contributed by atoms with Crippen LogP contribution in [0.2, 0.25) is 0 Å². The highest BCUT2D eigenvalue weighted by molar-refractivity contribution is 5.76. The van der Waals surface area contributed by atoms with E-state index in [9.17, 15) is 9.59 Å². The van der Waals surface area contributed by atoms with E-state index in [1.54, 1.807) is 21.5 Å². The van der Waals surface area contributed by atoms with Gasteiger partial charge in [0.15, 0.2) is 0 Å². The van der Waals surface area contributed by atoms with Crippen molar-refractivity contribution in [2.45, 2.75) is 33.7 Å². The molecule has 0 atom stereocenters. The maximum atomic E-state index is 13.1. The molecule has 8 nitrogen and oxygen atoms in total. The molecule has 1 aliphatic rings. The van der Waals surface area contributed by atoms with Crippen molar-refractivity contribution in [1.82, 2.24) is 19.1 Å². The van der Waals surface area contributed by atoms with Gasteiger partial charge >= 0.3 is 0 Å². The number of rotatable bonds is 7. The SMILES string of the molecule is CCOc1ccccc1N1CCN(C(=O)CCn2ccn3nc(-c4ccc(C)c(C)c4)cc3c2=O)CC1. The van der Waals surface area contributed by atoms with E-state index in [0.717, 1.165) is 35.8 Å². The maximum absolute atomic E-state index is 13.1. The van der Waals surface area contributed by atoms with Crippen LogP contribution < -0.4 is 15.2 Å². The third-order valence-electron chi connectivity index (χ3n) is 7.11. The summed E-state index contributed by atoms with van der Waals surface area (Å²) >= 11 is 0. The van der Waals surface area contributed by atoms with E-state index in [1.165, 1.54) is 11.1 Å². The first-order valence-corrected chi connectivity index (χ1v) is 12.9. The number of ether oxygens (including phenoxy) is 1. The van der Waals surface area contributed by atoms with E-state index in [4.69, 9.17) is 4.74 Å². The Hall–Kier alpha value is -4.07. The molecule has 0 spiro atoms. The summed E-state index contributed by atoms with van der Waals surface area (Å²) in [7, 11) is 0. The van der Waals surface area contributed by atoms with Crippen molar-refractivity contribution in [3.63, 3.8) is 0 Å². The summed E-state index contributed by atoms with van der Waals surface area (Å²) in [6.45, 7) is 9.87. The average molecular weight is 500 g/mol. The summed E-state index contributed by atoms with van der Waals surface area (Å²) in [4.78, 5) is 30.2. The van der Waals surface area contributed by atoms with E-state index in [-0.39, 0.29) is 17.9 Å². The van der Waals surface area contributed by atoms with Crippen molar-refractivity contribution in [3.8, 4) is 17.0 Å². The van der Waals surface area contributed by atoms with Crippen LogP contribution in [0.4, 0.5) is 5.69 Å². The zero-order valence-corrected chi connectivity index (χ0v) is 21.7. The fraction of sp³-hybridized carbons (Fsp3) is 0.345. The molecule has 8 heteroatoms. The summed E-state index contributed by atoms with van der Waals surface area (Å²) in [6, 6.07) is 16.0. The molecule has 0 unspecified atom stereocenters. The number of carbonyl (C=O) groups is 1. The Morgan fingerprint density at radius 1 is 0.973 bits per heavy atom. The van der Waals surface area contributed by atoms with Crippen LogP contribution in [0, 0.1) is 13.8 Å². The van der Waals surface area contributed by atoms with Gasteiger partial charge in [-0.3, -0.25) is 9.59 Å². The number of amides is 1. The minimum atomic E-state index is -0.143. The number of benzene rings is 2. The molecule has 0 N–H and O–H groups in total. The summed E-state index contributed by atoms with van der Waals surface area (Å²) in [5, 5.41) is 4.59. The zero-order valence-electron chi connectivity index (χ0n) is 21.7. The van der Waals surface area contributed by atoms with Crippen LogP contribution in [0.15, 0.2) is 65.7 Å². The Morgan fingerprint density at radius 2 is 1.76 bits per heavy atom. The van der Waals surface area contributed by atoms with Crippen molar-refractivity contribution in [3.05, 3.63) is 82.4 Å². The molecule has 1 aliphatic heterocycles. The second-order valence-corrected chi connectivity index (χ2v) is 9.47. The first-order valence-electron chi connectivity index (χ1n) is 12.9. The summed E-state index contributed by atoms with van der Waals surface area (Å²) in [5.41, 5.74) is 5.58. The van der Waals surface area contributed by atoms with Gasteiger partial charge in [0.2, 0.25) is 5.91 Å². The van der Waals surface area contributed by atoms with Gasteiger partial charge in [-0.05, 0) is 56.2 Å². The van der Waals surface area contributed by atoms with Crippen LogP contribution >= 0.6 is 0 Å². The van der Waals surface area contributed by atoms with Gasteiger partial charge in [0.05, 0.1) is 18.0 Å². The van der Waals surface area contributed by atoms with Crippen molar-refractivity contribution >= 4 is 17.1 Å². The largest absolute Gasteiger partial charge is 0.492 e. The average Bonchev–Trinajstić information content (AvgIpc) is 3.36. The lowest BCUT2D eigenvalue weighted by Crippen LogP contribution is -2.49. The number of nitrogens with zero attached hydrogens (tertiary/aromatic N) is 5. The second-order valence-electron chi connectivity index (χ2n) is 9.47. The molecule has 37 heavy (non-hydrogen) atoms. The molecular formula is C29H33N5O3. The predicted molar refractivity (Wildman–Crippen MR) is 145 cm³/mol. The molecule has 1 fully saturated rings. The number of aromatic nitrogens is 3. The molecule has 192 valence electrons. The zero-order chi connectivity index (χ0) is 25.9. The van der Waals surface area contributed by atoms with Crippen LogP contribution in [0.25, 0.3) is 16.8 Å². The third-order valence-corrected chi connectivity index (χ3v) is 7.11. The van der Waals surface area contributed by atoms with Gasteiger partial charge in [-0.2, -0.15) is 5.10 Å². The van der Waals surface area contributed by atoms with Crippen LogP contribution in [-0.4, -0.2) is 57.8 Å². The van der Waals surface area contributed by atoms with Gasteiger partial charge in [0.25, 0.3) is 5.56 Å². The van der Waals surface area contributed by atoms with Crippen molar-refractivity contribution in [1.29, 1.82) is 0 Å². The number of carbonyl (C=O) groups excluding carboxylic acids is 1. The molecule has 1 amide bonds. The van der Waals surface area contributed by atoms with Gasteiger partial charge in [-0.15, -0.1) is 0 Å². The molecule has 3 heterocycles. The number of hydrogen-bond donors (Lipinski definition) is 0. The Bertz CT molecular complexity index is 1480. The topological polar surface area (TPSA) is 72.1 Å². The van der Waals surface area contributed by atoms with E-state index < -0.39 is 0 Å². The number of aryl methyl sites for hydroxylation is 3. The standard InChI is InChI=1S/C29H33N5O3/c1-4-37-27-8-6-5-7-25(27)31-13-15-32(16-14-31)28(35)11-12-33-17-18-34-26(29(33)36)20-24(30-34)23-10-9-21(2)22(3)19-23/h5-10,17-20H,4,11-16H2,1-3H3. The monoisotopic (exact) mass is 499 g/mol. The first kappa shape index (κ1) is 24.6. The quantitative estimate of drug-likeness (QED) is 0.386. The van der Waals surface area contributed by atoms with Crippen molar-refractivity contribution in [2.24, 2.45) is 0 Å². The fourth-order valence-corrected chi connectivity index (χ4v) is 4.81. The molecule has 4 aromatic rings. The lowest BCUT2D eigenvalue weighted by atomic mass is 10.0. The van der Waals surface area contributed by atoms with Crippen molar-refractivity contribution < 1.29 is 9.53 Å². The molecule has 0 radical (unpaired) electrons. The van der Waals surface area contributed by atoms with Crippen molar-refractivity contribution in [2.75, 3.05) is 37.7 Å². The summed E-state index contributed by atoms with van der Waals surface area (Å²) < 4.78 is 8.99. The molecule has 0 bridgehead atoms. The van der Waals surface area contributed by atoms with E-state index in [1.807, 2.05) is 42.2 Å². The highest BCUT2D eigenvalue weighted by Gasteiger charge is 2.23. The number of piperazine rings is 1.